The maximum atomic E-state index is 12.8. The summed E-state index contributed by atoms with van der Waals surface area (Å²) in [5, 5.41) is 7.37. The van der Waals surface area contributed by atoms with Crippen molar-refractivity contribution in [2.45, 2.75) is 72.4 Å². The number of aromatic nitrogens is 1. The van der Waals surface area contributed by atoms with Gasteiger partial charge in [-0.1, -0.05) is 13.8 Å². The van der Waals surface area contributed by atoms with E-state index in [0.717, 1.165) is 47.3 Å². The van der Waals surface area contributed by atoms with Gasteiger partial charge in [-0.25, -0.2) is 4.98 Å². The number of nitrogens with zero attached hydrogens (tertiary/aromatic N) is 3. The third-order valence-corrected chi connectivity index (χ3v) is 8.77. The number of rotatable bonds is 7. The molecule has 2 fully saturated rings. The molecule has 1 spiro atoms. The zero-order chi connectivity index (χ0) is 25.8. The lowest BCUT2D eigenvalue weighted by atomic mass is 9.53. The number of hydrogen-bond acceptors (Lipinski definition) is 7. The number of thiophene rings is 1. The van der Waals surface area contributed by atoms with Crippen LogP contribution in [0.25, 0.3) is 10.2 Å². The summed E-state index contributed by atoms with van der Waals surface area (Å²) in [5.74, 6) is 0.764. The monoisotopic (exact) mass is 510 g/mol. The molecule has 0 radical (unpaired) electrons. The molecule has 36 heavy (non-hydrogen) atoms. The van der Waals surface area contributed by atoms with Crippen molar-refractivity contribution < 1.29 is 14.3 Å². The number of aryl methyl sites for hydroxylation is 2. The minimum absolute atomic E-state index is 0.00658. The van der Waals surface area contributed by atoms with E-state index in [9.17, 15) is 9.59 Å². The van der Waals surface area contributed by atoms with Crippen molar-refractivity contribution >= 4 is 44.9 Å². The molecule has 1 aliphatic heterocycles. The first-order chi connectivity index (χ1) is 17.0. The number of carbonyl (C=O) groups is 2. The first-order valence-corrected chi connectivity index (χ1v) is 13.4. The molecule has 1 atom stereocenters. The summed E-state index contributed by atoms with van der Waals surface area (Å²) in [6.07, 6.45) is 3.58. The van der Waals surface area contributed by atoms with Gasteiger partial charge in [0.25, 0.3) is 11.8 Å². The summed E-state index contributed by atoms with van der Waals surface area (Å²) in [6, 6.07) is 1.94. The molecule has 0 saturated heterocycles. The van der Waals surface area contributed by atoms with Crippen LogP contribution in [0.2, 0.25) is 0 Å². The van der Waals surface area contributed by atoms with Gasteiger partial charge in [-0.05, 0) is 69.4 Å². The third-order valence-electron chi connectivity index (χ3n) is 7.63. The molecule has 1 unspecified atom stereocenters. The van der Waals surface area contributed by atoms with Crippen molar-refractivity contribution in [3.8, 4) is 5.88 Å². The van der Waals surface area contributed by atoms with Gasteiger partial charge in [0.2, 0.25) is 5.88 Å². The maximum absolute atomic E-state index is 12.8. The number of aliphatic imine (C=N–C) groups is 1. The van der Waals surface area contributed by atoms with E-state index >= 15 is 0 Å². The molecule has 192 valence electrons. The predicted molar refractivity (Wildman–Crippen MR) is 142 cm³/mol. The Kier molecular flexibility index (Phi) is 6.26. The zero-order valence-electron chi connectivity index (χ0n) is 21.5. The van der Waals surface area contributed by atoms with Crippen LogP contribution in [0.5, 0.6) is 5.88 Å². The standard InChI is InChI=1S/C26H34N6O3S/c1-12(2)11-28-23-14(4)21(31-32-23)24(34)29-16-7-26(8-16)9-17(10-26)35-25-18(22(27)33)6-19-20(30-25)13(3)15(5)36-19/h6,12,14,16-17H,7-11H2,1-5H3,(H2,27,33)(H,28,32)(H,29,34). The van der Waals surface area contributed by atoms with Crippen LogP contribution in [0, 0.1) is 31.1 Å². The van der Waals surface area contributed by atoms with Crippen molar-refractivity contribution in [1.82, 2.24) is 15.7 Å². The maximum Gasteiger partial charge on any atom is 0.268 e. The van der Waals surface area contributed by atoms with E-state index in [1.165, 1.54) is 4.88 Å². The van der Waals surface area contributed by atoms with Crippen molar-refractivity contribution in [2.24, 2.45) is 33.1 Å². The molecular weight excluding hydrogens is 476 g/mol. The number of hydrazone groups is 1. The molecule has 2 saturated carbocycles. The fraction of sp³-hybridized carbons (Fsp3) is 0.577. The van der Waals surface area contributed by atoms with E-state index in [1.54, 1.807) is 17.4 Å². The van der Waals surface area contributed by atoms with Crippen LogP contribution in [0.15, 0.2) is 16.2 Å². The molecule has 10 heteroatoms. The predicted octanol–water partition coefficient (Wildman–Crippen LogP) is 3.47. The summed E-state index contributed by atoms with van der Waals surface area (Å²) in [5.41, 5.74) is 11.5. The van der Waals surface area contributed by atoms with Gasteiger partial charge in [0, 0.05) is 17.5 Å². The van der Waals surface area contributed by atoms with Gasteiger partial charge in [-0.2, -0.15) is 5.10 Å². The molecule has 2 aromatic rings. The molecular formula is C26H34N6O3S. The van der Waals surface area contributed by atoms with Crippen LogP contribution < -0.4 is 21.2 Å². The minimum atomic E-state index is -0.528. The highest BCUT2D eigenvalue weighted by atomic mass is 32.1. The van der Waals surface area contributed by atoms with Gasteiger partial charge in [0.15, 0.2) is 0 Å². The van der Waals surface area contributed by atoms with Gasteiger partial charge in [0.1, 0.15) is 23.2 Å². The molecule has 0 aromatic carbocycles. The highest BCUT2D eigenvalue weighted by molar-refractivity contribution is 7.19. The normalized spacial score (nSPS) is 28.1. The Balaban J connectivity index is 1.14. The van der Waals surface area contributed by atoms with E-state index < -0.39 is 5.91 Å². The SMILES string of the molecule is Cc1sc2cc(C(N)=O)c(OC3CC4(CC(NC(=O)C5=NNC(=NCC(C)C)C5C)C4)C3)nc2c1C. The van der Waals surface area contributed by atoms with Gasteiger partial charge >= 0.3 is 0 Å². The van der Waals surface area contributed by atoms with Gasteiger partial charge in [0.05, 0.1) is 16.1 Å². The highest BCUT2D eigenvalue weighted by Gasteiger charge is 2.54. The number of ether oxygens (including phenoxy) is 1. The number of primary amides is 1. The number of nitrogens with two attached hydrogens (primary N) is 1. The first-order valence-electron chi connectivity index (χ1n) is 12.6. The van der Waals surface area contributed by atoms with Crippen LogP contribution in [-0.4, -0.2) is 47.0 Å². The summed E-state index contributed by atoms with van der Waals surface area (Å²) in [7, 11) is 0. The molecule has 3 heterocycles. The Morgan fingerprint density at radius 3 is 2.69 bits per heavy atom. The van der Waals surface area contributed by atoms with E-state index in [-0.39, 0.29) is 29.4 Å². The van der Waals surface area contributed by atoms with Gasteiger partial charge in [-0.3, -0.25) is 20.0 Å². The quantitative estimate of drug-likeness (QED) is 0.525. The number of carbonyl (C=O) groups excluding carboxylic acids is 2. The molecule has 0 bridgehead atoms. The Labute approximate surface area is 215 Å². The molecule has 2 amide bonds. The zero-order valence-corrected chi connectivity index (χ0v) is 22.3. The number of nitrogens with one attached hydrogen (secondary N) is 2. The molecule has 5 rings (SSSR count). The second-order valence-corrected chi connectivity index (χ2v) is 12.3. The summed E-state index contributed by atoms with van der Waals surface area (Å²) in [6.45, 7) is 11.0. The Morgan fingerprint density at radius 2 is 2.03 bits per heavy atom. The van der Waals surface area contributed by atoms with Crippen LogP contribution in [-0.2, 0) is 4.79 Å². The van der Waals surface area contributed by atoms with E-state index in [2.05, 4.69) is 39.7 Å². The smallest absolute Gasteiger partial charge is 0.268 e. The highest BCUT2D eigenvalue weighted by Crippen LogP contribution is 2.57. The van der Waals surface area contributed by atoms with E-state index in [1.807, 2.05) is 20.8 Å². The first kappa shape index (κ1) is 24.7. The van der Waals surface area contributed by atoms with Crippen molar-refractivity contribution in [3.63, 3.8) is 0 Å². The lowest BCUT2D eigenvalue weighted by Crippen LogP contribution is -2.59. The fourth-order valence-corrected chi connectivity index (χ4v) is 6.52. The Morgan fingerprint density at radius 1 is 1.31 bits per heavy atom. The molecule has 9 nitrogen and oxygen atoms in total. The topological polar surface area (TPSA) is 131 Å². The van der Waals surface area contributed by atoms with Crippen LogP contribution in [0.3, 0.4) is 0 Å². The number of hydrogen-bond donors (Lipinski definition) is 3. The molecule has 2 aliphatic carbocycles. The lowest BCUT2D eigenvalue weighted by molar-refractivity contribution is -0.121. The van der Waals surface area contributed by atoms with Crippen LogP contribution >= 0.6 is 11.3 Å². The molecule has 4 N–H and O–H groups in total. The molecule has 2 aromatic heterocycles. The van der Waals surface area contributed by atoms with Gasteiger partial charge in [-0.15, -0.1) is 11.3 Å². The lowest BCUT2D eigenvalue weighted by Gasteiger charge is -2.57. The van der Waals surface area contributed by atoms with Crippen molar-refractivity contribution in [3.05, 3.63) is 22.1 Å². The molecule has 3 aliphatic rings. The Bertz CT molecular complexity index is 1280. The average molecular weight is 511 g/mol. The number of fused-ring (bicyclic) bond motifs is 1. The minimum Gasteiger partial charge on any atom is -0.474 e. The van der Waals surface area contributed by atoms with Crippen LogP contribution in [0.1, 0.15) is 67.3 Å². The number of pyridine rings is 1. The second-order valence-electron chi connectivity index (χ2n) is 11.0. The second kappa shape index (κ2) is 9.14. The number of amidine groups is 1. The van der Waals surface area contributed by atoms with Gasteiger partial charge < -0.3 is 15.8 Å². The Hall–Kier alpha value is -3.01. The average Bonchev–Trinajstić information content (AvgIpc) is 3.27. The summed E-state index contributed by atoms with van der Waals surface area (Å²) < 4.78 is 7.12. The largest absolute Gasteiger partial charge is 0.474 e. The van der Waals surface area contributed by atoms with E-state index in [0.29, 0.717) is 29.6 Å². The van der Waals surface area contributed by atoms with E-state index in [4.69, 9.17) is 10.5 Å². The summed E-state index contributed by atoms with van der Waals surface area (Å²) >= 11 is 1.61. The summed E-state index contributed by atoms with van der Waals surface area (Å²) in [4.78, 5) is 35.2. The van der Waals surface area contributed by atoms with Crippen LogP contribution in [0.4, 0.5) is 0 Å². The third kappa shape index (κ3) is 4.47. The number of amides is 2. The fourth-order valence-electron chi connectivity index (χ4n) is 5.47. The van der Waals surface area contributed by atoms with Crippen molar-refractivity contribution in [1.29, 1.82) is 0 Å². The van der Waals surface area contributed by atoms with Crippen molar-refractivity contribution in [2.75, 3.05) is 6.54 Å².